The lowest BCUT2D eigenvalue weighted by Crippen LogP contribution is -2.08. The third-order valence-corrected chi connectivity index (χ3v) is 3.84. The normalized spacial score (nSPS) is 14.2. The fraction of sp³-hybridized carbons (Fsp3) is 0.214. The fourth-order valence-corrected chi connectivity index (χ4v) is 2.29. The van der Waals surface area contributed by atoms with E-state index in [1.807, 2.05) is 19.1 Å². The Balaban J connectivity index is 2.31. The minimum absolute atomic E-state index is 0.0797. The quantitative estimate of drug-likeness (QED) is 0.914. The Morgan fingerprint density at radius 2 is 1.78 bits per heavy atom. The average molecular weight is 282 g/mol. The molecule has 2 aromatic rings. The van der Waals surface area contributed by atoms with Crippen molar-refractivity contribution in [2.24, 2.45) is 0 Å². The van der Waals surface area contributed by atoms with Crippen LogP contribution in [0.25, 0.3) is 0 Å². The van der Waals surface area contributed by atoms with Crippen LogP contribution in [0.1, 0.15) is 30.1 Å². The van der Waals surface area contributed by atoms with Crippen LogP contribution in [0, 0.1) is 0 Å². The van der Waals surface area contributed by atoms with E-state index >= 15 is 0 Å². The van der Waals surface area contributed by atoms with E-state index in [4.69, 9.17) is 23.2 Å². The monoisotopic (exact) mass is 281 g/mol. The molecule has 2 rings (SSSR count). The van der Waals surface area contributed by atoms with Crippen LogP contribution >= 0.6 is 23.2 Å². The van der Waals surface area contributed by atoms with E-state index in [-0.39, 0.29) is 5.92 Å². The molecule has 0 saturated carbocycles. The largest absolute Gasteiger partial charge is 0.388 e. The smallest absolute Gasteiger partial charge is 0.0870 e. The molecule has 0 amide bonds. The Hall–Kier alpha value is -1.09. The van der Waals surface area contributed by atoms with Gasteiger partial charge in [-0.3, -0.25) is 4.98 Å². The summed E-state index contributed by atoms with van der Waals surface area (Å²) in [4.78, 5) is 3.96. The molecule has 1 N–H and O–H groups in total. The van der Waals surface area contributed by atoms with Crippen molar-refractivity contribution in [2.45, 2.75) is 18.9 Å². The Morgan fingerprint density at radius 3 is 2.44 bits per heavy atom. The third kappa shape index (κ3) is 2.66. The van der Waals surface area contributed by atoms with Gasteiger partial charge in [-0.05, 0) is 23.8 Å². The molecule has 0 aliphatic carbocycles. The first-order valence-corrected chi connectivity index (χ1v) is 6.38. The summed E-state index contributed by atoms with van der Waals surface area (Å²) in [6.45, 7) is 1.94. The fourth-order valence-electron chi connectivity index (χ4n) is 1.87. The first-order valence-electron chi connectivity index (χ1n) is 5.63. The number of benzene rings is 1. The van der Waals surface area contributed by atoms with Crippen LogP contribution in [0.15, 0.2) is 42.7 Å². The maximum atomic E-state index is 10.4. The zero-order chi connectivity index (χ0) is 13.1. The van der Waals surface area contributed by atoms with Crippen LogP contribution in [-0.4, -0.2) is 10.1 Å². The van der Waals surface area contributed by atoms with Gasteiger partial charge in [0.15, 0.2) is 0 Å². The molecule has 0 spiro atoms. The second kappa shape index (κ2) is 5.70. The molecule has 2 unspecified atom stereocenters. The minimum Gasteiger partial charge on any atom is -0.388 e. The Labute approximate surface area is 116 Å². The molecule has 2 atom stereocenters. The number of aliphatic hydroxyl groups is 1. The van der Waals surface area contributed by atoms with Crippen molar-refractivity contribution in [3.8, 4) is 0 Å². The molecule has 0 bridgehead atoms. The number of pyridine rings is 1. The van der Waals surface area contributed by atoms with E-state index in [1.54, 1.807) is 30.6 Å². The molecule has 0 aliphatic rings. The molecule has 0 aliphatic heterocycles. The number of hydrogen-bond acceptors (Lipinski definition) is 2. The molecule has 18 heavy (non-hydrogen) atoms. The summed E-state index contributed by atoms with van der Waals surface area (Å²) in [5, 5.41) is 11.2. The van der Waals surface area contributed by atoms with Gasteiger partial charge in [0.05, 0.1) is 16.1 Å². The first kappa shape index (κ1) is 13.3. The minimum atomic E-state index is -0.696. The number of aromatic nitrogens is 1. The van der Waals surface area contributed by atoms with Crippen molar-refractivity contribution < 1.29 is 5.11 Å². The van der Waals surface area contributed by atoms with Gasteiger partial charge in [0.25, 0.3) is 0 Å². The van der Waals surface area contributed by atoms with Crippen LogP contribution in [0.2, 0.25) is 10.0 Å². The van der Waals surface area contributed by atoms with E-state index < -0.39 is 6.10 Å². The van der Waals surface area contributed by atoms with Gasteiger partial charge in [-0.1, -0.05) is 42.3 Å². The molecule has 2 nitrogen and oxygen atoms in total. The number of aliphatic hydroxyl groups excluding tert-OH is 1. The molecule has 0 fully saturated rings. The standard InChI is InChI=1S/C14H13Cl2NO/c1-9(10-5-7-17-8-6-10)14(18)11-3-2-4-12(15)13(11)16/h2-9,14,18H,1H3. The average Bonchev–Trinajstić information content (AvgIpc) is 2.41. The van der Waals surface area contributed by atoms with E-state index in [0.29, 0.717) is 15.6 Å². The van der Waals surface area contributed by atoms with Gasteiger partial charge in [0, 0.05) is 23.9 Å². The number of halogens is 2. The highest BCUT2D eigenvalue weighted by atomic mass is 35.5. The Kier molecular flexibility index (Phi) is 4.23. The van der Waals surface area contributed by atoms with Crippen molar-refractivity contribution in [2.75, 3.05) is 0 Å². The van der Waals surface area contributed by atoms with Crippen molar-refractivity contribution in [3.05, 3.63) is 63.9 Å². The highest BCUT2D eigenvalue weighted by Gasteiger charge is 2.21. The molecule has 1 aromatic carbocycles. The molecule has 1 heterocycles. The van der Waals surface area contributed by atoms with Crippen molar-refractivity contribution >= 4 is 23.2 Å². The first-order chi connectivity index (χ1) is 8.61. The zero-order valence-corrected chi connectivity index (χ0v) is 11.4. The van der Waals surface area contributed by atoms with Crippen LogP contribution in [0.5, 0.6) is 0 Å². The van der Waals surface area contributed by atoms with E-state index in [2.05, 4.69) is 4.98 Å². The number of rotatable bonds is 3. The molecular weight excluding hydrogens is 269 g/mol. The van der Waals surface area contributed by atoms with Crippen LogP contribution in [-0.2, 0) is 0 Å². The van der Waals surface area contributed by atoms with E-state index in [0.717, 1.165) is 5.56 Å². The predicted octanol–water partition coefficient (Wildman–Crippen LogP) is 4.23. The van der Waals surface area contributed by atoms with Crippen LogP contribution in [0.3, 0.4) is 0 Å². The van der Waals surface area contributed by atoms with Gasteiger partial charge in [-0.15, -0.1) is 0 Å². The van der Waals surface area contributed by atoms with Crippen LogP contribution in [0.4, 0.5) is 0 Å². The summed E-state index contributed by atoms with van der Waals surface area (Å²) >= 11 is 12.1. The van der Waals surface area contributed by atoms with E-state index in [9.17, 15) is 5.11 Å². The second-order valence-corrected chi connectivity index (χ2v) is 4.94. The summed E-state index contributed by atoms with van der Waals surface area (Å²) < 4.78 is 0. The molecule has 94 valence electrons. The maximum Gasteiger partial charge on any atom is 0.0870 e. The lowest BCUT2D eigenvalue weighted by molar-refractivity contribution is 0.151. The summed E-state index contributed by atoms with van der Waals surface area (Å²) in [5.41, 5.74) is 1.65. The van der Waals surface area contributed by atoms with Gasteiger partial charge < -0.3 is 5.11 Å². The molecule has 1 aromatic heterocycles. The Morgan fingerprint density at radius 1 is 1.11 bits per heavy atom. The lowest BCUT2D eigenvalue weighted by atomic mass is 9.91. The van der Waals surface area contributed by atoms with Crippen LogP contribution < -0.4 is 0 Å². The summed E-state index contributed by atoms with van der Waals surface area (Å²) in [5.74, 6) is -0.0797. The van der Waals surface area contributed by atoms with E-state index in [1.165, 1.54) is 0 Å². The van der Waals surface area contributed by atoms with Gasteiger partial charge in [-0.2, -0.15) is 0 Å². The summed E-state index contributed by atoms with van der Waals surface area (Å²) in [6.07, 6.45) is 2.72. The molecule has 4 heteroatoms. The topological polar surface area (TPSA) is 33.1 Å². The van der Waals surface area contributed by atoms with Crippen molar-refractivity contribution in [1.29, 1.82) is 0 Å². The van der Waals surface area contributed by atoms with Gasteiger partial charge in [-0.25, -0.2) is 0 Å². The second-order valence-electron chi connectivity index (χ2n) is 4.16. The maximum absolute atomic E-state index is 10.4. The molecule has 0 saturated heterocycles. The van der Waals surface area contributed by atoms with Gasteiger partial charge in [0.2, 0.25) is 0 Å². The SMILES string of the molecule is CC(c1ccncc1)C(O)c1cccc(Cl)c1Cl. The molecule has 0 radical (unpaired) electrons. The van der Waals surface area contributed by atoms with Crippen molar-refractivity contribution in [1.82, 2.24) is 4.98 Å². The van der Waals surface area contributed by atoms with Gasteiger partial charge in [0.1, 0.15) is 0 Å². The highest BCUT2D eigenvalue weighted by molar-refractivity contribution is 6.42. The van der Waals surface area contributed by atoms with Gasteiger partial charge >= 0.3 is 0 Å². The zero-order valence-electron chi connectivity index (χ0n) is 9.85. The number of nitrogens with zero attached hydrogens (tertiary/aromatic N) is 1. The lowest BCUT2D eigenvalue weighted by Gasteiger charge is -2.20. The summed E-state index contributed by atoms with van der Waals surface area (Å²) in [7, 11) is 0. The number of hydrogen-bond donors (Lipinski definition) is 1. The molecular formula is C14H13Cl2NO. The third-order valence-electron chi connectivity index (χ3n) is 3.01. The highest BCUT2D eigenvalue weighted by Crippen LogP contribution is 2.36. The predicted molar refractivity (Wildman–Crippen MR) is 74.1 cm³/mol. The van der Waals surface area contributed by atoms with Crippen molar-refractivity contribution in [3.63, 3.8) is 0 Å². The Bertz CT molecular complexity index is 531. The summed E-state index contributed by atoms with van der Waals surface area (Å²) in [6, 6.07) is 9.04.